The summed E-state index contributed by atoms with van der Waals surface area (Å²) in [5.74, 6) is -1.78. The van der Waals surface area contributed by atoms with Crippen LogP contribution < -0.4 is 5.73 Å². The minimum atomic E-state index is -4.62. The first kappa shape index (κ1) is 59.2. The van der Waals surface area contributed by atoms with Crippen LogP contribution in [0.5, 0.6) is 0 Å². The Hall–Kier alpha value is -1.81. The number of phosphoric ester groups is 1. The summed E-state index contributed by atoms with van der Waals surface area (Å²) in [6, 6.07) is -1.47. The summed E-state index contributed by atoms with van der Waals surface area (Å²) < 4.78 is 33.5. The lowest BCUT2D eigenvalue weighted by Crippen LogP contribution is -2.34. The summed E-state index contributed by atoms with van der Waals surface area (Å²) in [5.41, 5.74) is 5.37. The van der Waals surface area contributed by atoms with Gasteiger partial charge in [0.2, 0.25) is 0 Å². The van der Waals surface area contributed by atoms with Crippen molar-refractivity contribution < 1.29 is 42.7 Å². The van der Waals surface area contributed by atoms with Crippen LogP contribution in [0.4, 0.5) is 0 Å². The highest BCUT2D eigenvalue weighted by Gasteiger charge is 2.27. The van der Waals surface area contributed by atoms with Gasteiger partial charge in [0.05, 0.1) is 19.8 Å². The zero-order valence-electron chi connectivity index (χ0n) is 39.3. The average molecular weight is 884 g/mol. The predicted molar refractivity (Wildman–Crippen MR) is 254 cm³/mol. The molecule has 0 bridgehead atoms. The van der Waals surface area contributed by atoms with E-state index in [0.717, 1.165) is 57.8 Å². The Morgan fingerprint density at radius 1 is 0.525 bits per heavy atom. The van der Waals surface area contributed by atoms with Gasteiger partial charge in [-0.25, -0.2) is 4.57 Å². The third kappa shape index (κ3) is 46.0. The Labute approximate surface area is 374 Å². The van der Waals surface area contributed by atoms with E-state index in [1.54, 1.807) is 0 Å². The van der Waals surface area contributed by atoms with Gasteiger partial charge in [-0.1, -0.05) is 211 Å². The highest BCUT2D eigenvalue weighted by Crippen LogP contribution is 2.43. The second kappa shape index (κ2) is 46.2. The maximum Gasteiger partial charge on any atom is 0.472 e. The molecular weight excluding hydrogens is 790 g/mol. The molecule has 11 heteroatoms. The molecule has 0 amide bonds. The number of carbonyl (C=O) groups is 2. The number of esters is 1. The SMILES string of the molecule is CCCCCCC/C=C\C/C=C\C/C=C\CCCCCCCCCCC(=O)OC(COCCCCCCCCCCCCCCCCCC)COP(=O)(O)OCC(N)C(=O)O. The van der Waals surface area contributed by atoms with Crippen LogP contribution in [-0.2, 0) is 32.7 Å². The number of ether oxygens (including phenoxy) is 2. The van der Waals surface area contributed by atoms with Crippen LogP contribution in [0.3, 0.4) is 0 Å². The van der Waals surface area contributed by atoms with Gasteiger partial charge >= 0.3 is 19.8 Å². The fraction of sp³-hybridized carbons (Fsp3) is 0.840. The van der Waals surface area contributed by atoms with Crippen molar-refractivity contribution in [1.82, 2.24) is 0 Å². The van der Waals surface area contributed by atoms with Gasteiger partial charge in [0, 0.05) is 13.0 Å². The zero-order chi connectivity index (χ0) is 44.8. The molecule has 0 aliphatic rings. The summed E-state index contributed by atoms with van der Waals surface area (Å²) in [7, 11) is -4.62. The van der Waals surface area contributed by atoms with Gasteiger partial charge in [-0.15, -0.1) is 0 Å². The molecule has 0 aliphatic carbocycles. The smallest absolute Gasteiger partial charge is 0.472 e. The molecule has 0 saturated heterocycles. The molecule has 0 aromatic heterocycles. The van der Waals surface area contributed by atoms with Gasteiger partial charge < -0.3 is 25.2 Å². The van der Waals surface area contributed by atoms with Crippen molar-refractivity contribution in [2.75, 3.05) is 26.4 Å². The molecule has 0 aromatic rings. The molecule has 0 aliphatic heterocycles. The number of carbonyl (C=O) groups excluding carboxylic acids is 1. The van der Waals surface area contributed by atoms with Crippen LogP contribution in [0.1, 0.15) is 232 Å². The minimum Gasteiger partial charge on any atom is -0.480 e. The Kier molecular flexibility index (Phi) is 44.8. The Balaban J connectivity index is 4.15. The number of nitrogens with two attached hydrogens (primary N) is 1. The maximum atomic E-state index is 12.7. The molecule has 0 heterocycles. The van der Waals surface area contributed by atoms with Crippen molar-refractivity contribution >= 4 is 19.8 Å². The highest BCUT2D eigenvalue weighted by atomic mass is 31.2. The third-order valence-corrected chi connectivity index (χ3v) is 11.9. The molecule has 0 saturated carbocycles. The second-order valence-corrected chi connectivity index (χ2v) is 18.4. The monoisotopic (exact) mass is 884 g/mol. The fourth-order valence-corrected chi connectivity index (χ4v) is 7.80. The number of phosphoric acid groups is 1. The molecule has 0 radical (unpaired) electrons. The normalized spacial score (nSPS) is 14.0. The molecule has 61 heavy (non-hydrogen) atoms. The van der Waals surface area contributed by atoms with Crippen molar-refractivity contribution in [3.05, 3.63) is 36.5 Å². The number of aliphatic carboxylic acids is 1. The van der Waals surface area contributed by atoms with Gasteiger partial charge in [-0.05, 0) is 51.4 Å². The third-order valence-electron chi connectivity index (χ3n) is 10.9. The lowest BCUT2D eigenvalue weighted by Gasteiger charge is -2.20. The van der Waals surface area contributed by atoms with E-state index in [1.807, 2.05) is 0 Å². The van der Waals surface area contributed by atoms with Crippen molar-refractivity contribution in [2.24, 2.45) is 5.73 Å². The highest BCUT2D eigenvalue weighted by molar-refractivity contribution is 7.47. The summed E-state index contributed by atoms with van der Waals surface area (Å²) in [5, 5.41) is 8.92. The van der Waals surface area contributed by atoms with Gasteiger partial charge in [0.15, 0.2) is 0 Å². The van der Waals surface area contributed by atoms with Crippen molar-refractivity contribution in [3.8, 4) is 0 Å². The maximum absolute atomic E-state index is 12.7. The number of rotatable bonds is 48. The summed E-state index contributed by atoms with van der Waals surface area (Å²) in [4.78, 5) is 33.7. The first-order valence-corrected chi connectivity index (χ1v) is 26.5. The first-order valence-electron chi connectivity index (χ1n) is 25.0. The van der Waals surface area contributed by atoms with Crippen LogP contribution in [0.2, 0.25) is 0 Å². The molecule has 0 spiro atoms. The largest absolute Gasteiger partial charge is 0.480 e. The van der Waals surface area contributed by atoms with E-state index >= 15 is 0 Å². The summed E-state index contributed by atoms with van der Waals surface area (Å²) in [6.45, 7) is 3.90. The number of hydrogen-bond donors (Lipinski definition) is 3. The molecule has 0 fully saturated rings. The van der Waals surface area contributed by atoms with Crippen molar-refractivity contribution in [1.29, 1.82) is 0 Å². The van der Waals surface area contributed by atoms with Gasteiger partial charge in [0.25, 0.3) is 0 Å². The van der Waals surface area contributed by atoms with E-state index in [-0.39, 0.29) is 13.0 Å². The van der Waals surface area contributed by atoms with Gasteiger partial charge in [-0.2, -0.15) is 0 Å². The van der Waals surface area contributed by atoms with Crippen LogP contribution in [-0.4, -0.2) is 60.5 Å². The summed E-state index contributed by atoms with van der Waals surface area (Å²) in [6.07, 6.45) is 53.4. The van der Waals surface area contributed by atoms with E-state index < -0.39 is 45.1 Å². The number of hydrogen-bond acceptors (Lipinski definition) is 8. The lowest BCUT2D eigenvalue weighted by atomic mass is 10.0. The standard InChI is InChI=1S/C50H94NO9P/c1-3-5-7-9-11-13-15-17-19-21-22-23-24-25-26-27-28-30-32-34-36-38-40-42-49(52)60-47(45-58-61(55,56)59-46-48(51)50(53)54)44-57-43-41-39-37-35-33-31-29-20-18-16-14-12-10-8-6-4-2/h15,17,21-22,24-25,47-48H,3-14,16,18-20,23,26-46,51H2,1-2H3,(H,53,54)(H,55,56)/b17-15-,22-21-,25-24-. The lowest BCUT2D eigenvalue weighted by molar-refractivity contribution is -0.154. The Morgan fingerprint density at radius 3 is 1.34 bits per heavy atom. The number of unbranched alkanes of at least 4 members (excludes halogenated alkanes) is 28. The molecular formula is C50H94NO9P. The van der Waals surface area contributed by atoms with Crippen molar-refractivity contribution in [3.63, 3.8) is 0 Å². The minimum absolute atomic E-state index is 0.0170. The van der Waals surface area contributed by atoms with Crippen LogP contribution >= 0.6 is 7.82 Å². The molecule has 3 atom stereocenters. The molecule has 3 unspecified atom stereocenters. The molecule has 0 aromatic carbocycles. The Morgan fingerprint density at radius 2 is 0.902 bits per heavy atom. The topological polar surface area (TPSA) is 155 Å². The van der Waals surface area contributed by atoms with Gasteiger partial charge in [0.1, 0.15) is 12.1 Å². The van der Waals surface area contributed by atoms with Crippen LogP contribution in [0.25, 0.3) is 0 Å². The average Bonchev–Trinajstić information content (AvgIpc) is 3.24. The van der Waals surface area contributed by atoms with Crippen molar-refractivity contribution in [2.45, 2.75) is 244 Å². The molecule has 358 valence electrons. The molecule has 10 nitrogen and oxygen atoms in total. The van der Waals surface area contributed by atoms with Gasteiger partial charge in [-0.3, -0.25) is 18.6 Å². The van der Waals surface area contributed by atoms with Crippen LogP contribution in [0.15, 0.2) is 36.5 Å². The molecule has 0 rings (SSSR count). The zero-order valence-corrected chi connectivity index (χ0v) is 40.2. The quantitative estimate of drug-likeness (QED) is 0.0233. The number of allylic oxidation sites excluding steroid dienone is 6. The van der Waals surface area contributed by atoms with E-state index in [9.17, 15) is 19.0 Å². The predicted octanol–water partition coefficient (Wildman–Crippen LogP) is 14.4. The fourth-order valence-electron chi connectivity index (χ4n) is 7.02. The van der Waals surface area contributed by atoms with E-state index in [2.05, 4.69) is 50.3 Å². The van der Waals surface area contributed by atoms with Crippen LogP contribution in [0, 0.1) is 0 Å². The summed E-state index contributed by atoms with van der Waals surface area (Å²) >= 11 is 0. The van der Waals surface area contributed by atoms with E-state index in [0.29, 0.717) is 13.0 Å². The first-order chi connectivity index (χ1) is 29.7. The Bertz CT molecular complexity index is 1110. The molecule has 4 N–H and O–H groups in total. The number of carboxylic acid groups (broad SMARTS) is 1. The second-order valence-electron chi connectivity index (χ2n) is 17.0. The number of carboxylic acids is 1. The van der Waals surface area contributed by atoms with E-state index in [1.165, 1.54) is 148 Å². The van der Waals surface area contributed by atoms with E-state index in [4.69, 9.17) is 29.4 Å².